The van der Waals surface area contributed by atoms with Crippen molar-refractivity contribution in [1.29, 1.82) is 0 Å². The molecule has 0 unspecified atom stereocenters. The maximum atomic E-state index is 11.3. The van der Waals surface area contributed by atoms with Crippen LogP contribution in [0.2, 0.25) is 0 Å². The first kappa shape index (κ1) is 15.5. The fourth-order valence-electron chi connectivity index (χ4n) is 1.94. The summed E-state index contributed by atoms with van der Waals surface area (Å²) in [4.78, 5) is 11.3. The fraction of sp³-hybridized carbons (Fsp3) is 0.562. The SMILES string of the molecule is CCOC(=O)COc1c(C)cc(C(C)(C)C)cc1C. The number of esters is 1. The molecule has 0 spiro atoms. The molecule has 0 fully saturated rings. The molecule has 1 aromatic rings. The molecule has 19 heavy (non-hydrogen) atoms. The third-order valence-corrected chi connectivity index (χ3v) is 2.97. The van der Waals surface area contributed by atoms with E-state index in [2.05, 4.69) is 32.9 Å². The van der Waals surface area contributed by atoms with Gasteiger partial charge in [0.25, 0.3) is 0 Å². The predicted molar refractivity (Wildman–Crippen MR) is 76.7 cm³/mol. The van der Waals surface area contributed by atoms with Gasteiger partial charge in [0.05, 0.1) is 6.61 Å². The molecular weight excluding hydrogens is 240 g/mol. The summed E-state index contributed by atoms with van der Waals surface area (Å²) in [7, 11) is 0. The van der Waals surface area contributed by atoms with Gasteiger partial charge in [-0.1, -0.05) is 32.9 Å². The Labute approximate surface area is 115 Å². The lowest BCUT2D eigenvalue weighted by molar-refractivity contribution is -0.145. The number of carbonyl (C=O) groups excluding carboxylic acids is 1. The molecule has 0 atom stereocenters. The molecule has 3 heteroatoms. The molecule has 1 rings (SSSR count). The molecule has 1 aromatic carbocycles. The molecular formula is C16H24O3. The van der Waals surface area contributed by atoms with Crippen molar-refractivity contribution in [2.24, 2.45) is 0 Å². The third kappa shape index (κ3) is 4.27. The Balaban J connectivity index is 2.89. The van der Waals surface area contributed by atoms with Gasteiger partial charge in [0.2, 0.25) is 0 Å². The molecule has 0 radical (unpaired) electrons. The highest BCUT2D eigenvalue weighted by Crippen LogP contribution is 2.30. The molecule has 0 amide bonds. The summed E-state index contributed by atoms with van der Waals surface area (Å²) < 4.78 is 10.4. The van der Waals surface area contributed by atoms with Crippen LogP contribution in [0.3, 0.4) is 0 Å². The molecule has 0 aliphatic heterocycles. The Morgan fingerprint density at radius 1 is 1.16 bits per heavy atom. The van der Waals surface area contributed by atoms with E-state index in [1.807, 2.05) is 13.8 Å². The van der Waals surface area contributed by atoms with E-state index in [4.69, 9.17) is 9.47 Å². The van der Waals surface area contributed by atoms with Crippen LogP contribution in [0.1, 0.15) is 44.4 Å². The van der Waals surface area contributed by atoms with E-state index < -0.39 is 0 Å². The average molecular weight is 264 g/mol. The van der Waals surface area contributed by atoms with Crippen molar-refractivity contribution in [2.45, 2.75) is 47.0 Å². The number of ether oxygens (including phenoxy) is 2. The van der Waals surface area contributed by atoms with Crippen LogP contribution in [-0.4, -0.2) is 19.2 Å². The van der Waals surface area contributed by atoms with E-state index in [1.165, 1.54) is 5.56 Å². The minimum Gasteiger partial charge on any atom is -0.481 e. The molecule has 3 nitrogen and oxygen atoms in total. The summed E-state index contributed by atoms with van der Waals surface area (Å²) in [5, 5.41) is 0. The maximum Gasteiger partial charge on any atom is 0.344 e. The van der Waals surface area contributed by atoms with Crippen LogP contribution in [0.5, 0.6) is 5.75 Å². The third-order valence-electron chi connectivity index (χ3n) is 2.97. The van der Waals surface area contributed by atoms with Gasteiger partial charge in [-0.15, -0.1) is 0 Å². The second kappa shape index (κ2) is 6.09. The van der Waals surface area contributed by atoms with Crippen LogP contribution in [0.15, 0.2) is 12.1 Å². The summed E-state index contributed by atoms with van der Waals surface area (Å²) in [5.41, 5.74) is 3.48. The van der Waals surface area contributed by atoms with Gasteiger partial charge in [0.1, 0.15) is 5.75 Å². The van der Waals surface area contributed by atoms with Gasteiger partial charge in [0.15, 0.2) is 6.61 Å². The lowest BCUT2D eigenvalue weighted by Gasteiger charge is -2.22. The van der Waals surface area contributed by atoms with Crippen molar-refractivity contribution in [3.63, 3.8) is 0 Å². The average Bonchev–Trinajstić information content (AvgIpc) is 2.26. The van der Waals surface area contributed by atoms with Gasteiger partial charge < -0.3 is 9.47 Å². The van der Waals surface area contributed by atoms with E-state index in [0.29, 0.717) is 6.61 Å². The van der Waals surface area contributed by atoms with Gasteiger partial charge in [-0.05, 0) is 42.9 Å². The molecule has 0 N–H and O–H groups in total. The number of hydrogen-bond donors (Lipinski definition) is 0. The van der Waals surface area contributed by atoms with Gasteiger partial charge >= 0.3 is 5.97 Å². The number of aryl methyl sites for hydroxylation is 2. The van der Waals surface area contributed by atoms with Crippen molar-refractivity contribution in [2.75, 3.05) is 13.2 Å². The molecule has 0 heterocycles. The highest BCUT2D eigenvalue weighted by molar-refractivity contribution is 5.71. The number of carbonyl (C=O) groups is 1. The van der Waals surface area contributed by atoms with Crippen molar-refractivity contribution in [1.82, 2.24) is 0 Å². The summed E-state index contributed by atoms with van der Waals surface area (Å²) in [6.07, 6.45) is 0. The van der Waals surface area contributed by atoms with Crippen molar-refractivity contribution in [3.8, 4) is 5.75 Å². The van der Waals surface area contributed by atoms with Gasteiger partial charge in [-0.3, -0.25) is 0 Å². The Kier molecular flexibility index (Phi) is 4.98. The summed E-state index contributed by atoms with van der Waals surface area (Å²) in [5.74, 6) is 0.447. The molecule has 0 saturated heterocycles. The van der Waals surface area contributed by atoms with Gasteiger partial charge in [0, 0.05) is 0 Å². The Morgan fingerprint density at radius 2 is 1.68 bits per heavy atom. The van der Waals surface area contributed by atoms with Crippen LogP contribution in [0.4, 0.5) is 0 Å². The highest BCUT2D eigenvalue weighted by atomic mass is 16.6. The van der Waals surface area contributed by atoms with E-state index in [1.54, 1.807) is 6.92 Å². The first-order valence-electron chi connectivity index (χ1n) is 6.66. The maximum absolute atomic E-state index is 11.3. The lowest BCUT2D eigenvalue weighted by Crippen LogP contribution is -2.16. The second-order valence-corrected chi connectivity index (χ2v) is 5.78. The summed E-state index contributed by atoms with van der Waals surface area (Å²) >= 11 is 0. The predicted octanol–water partition coefficient (Wildman–Crippen LogP) is 3.54. The Bertz CT molecular complexity index is 433. The highest BCUT2D eigenvalue weighted by Gasteiger charge is 2.17. The second-order valence-electron chi connectivity index (χ2n) is 5.78. The number of hydrogen-bond acceptors (Lipinski definition) is 3. The van der Waals surface area contributed by atoms with Crippen LogP contribution >= 0.6 is 0 Å². The number of rotatable bonds is 4. The van der Waals surface area contributed by atoms with Crippen molar-refractivity contribution < 1.29 is 14.3 Å². The summed E-state index contributed by atoms with van der Waals surface area (Å²) in [6.45, 7) is 12.7. The molecule has 0 aliphatic carbocycles. The number of benzene rings is 1. The van der Waals surface area contributed by atoms with E-state index >= 15 is 0 Å². The molecule has 0 bridgehead atoms. The Morgan fingerprint density at radius 3 is 2.11 bits per heavy atom. The van der Waals surface area contributed by atoms with Crippen molar-refractivity contribution in [3.05, 3.63) is 28.8 Å². The first-order chi connectivity index (χ1) is 8.75. The van der Waals surface area contributed by atoms with Crippen molar-refractivity contribution >= 4 is 5.97 Å². The van der Waals surface area contributed by atoms with E-state index in [-0.39, 0.29) is 18.0 Å². The standard InChI is InChI=1S/C16H24O3/c1-7-18-14(17)10-19-15-11(2)8-13(9-12(15)3)16(4,5)6/h8-9H,7,10H2,1-6H3. The lowest BCUT2D eigenvalue weighted by atomic mass is 9.85. The van der Waals surface area contributed by atoms with Gasteiger partial charge in [-0.2, -0.15) is 0 Å². The molecule has 106 valence electrons. The fourth-order valence-corrected chi connectivity index (χ4v) is 1.94. The van der Waals surface area contributed by atoms with E-state index in [0.717, 1.165) is 16.9 Å². The zero-order chi connectivity index (χ0) is 14.6. The van der Waals surface area contributed by atoms with Crippen LogP contribution in [-0.2, 0) is 14.9 Å². The zero-order valence-corrected chi connectivity index (χ0v) is 12.8. The van der Waals surface area contributed by atoms with Crippen LogP contribution in [0.25, 0.3) is 0 Å². The molecule has 0 aromatic heterocycles. The van der Waals surface area contributed by atoms with Gasteiger partial charge in [-0.25, -0.2) is 4.79 Å². The minimum absolute atomic E-state index is 0.0373. The van der Waals surface area contributed by atoms with E-state index in [9.17, 15) is 4.79 Å². The first-order valence-corrected chi connectivity index (χ1v) is 6.66. The summed E-state index contributed by atoms with van der Waals surface area (Å²) in [6, 6.07) is 4.24. The normalized spacial score (nSPS) is 11.3. The quantitative estimate of drug-likeness (QED) is 0.780. The zero-order valence-electron chi connectivity index (χ0n) is 12.8. The largest absolute Gasteiger partial charge is 0.481 e. The Hall–Kier alpha value is -1.51. The minimum atomic E-state index is -0.332. The topological polar surface area (TPSA) is 35.5 Å². The van der Waals surface area contributed by atoms with Crippen LogP contribution < -0.4 is 4.74 Å². The monoisotopic (exact) mass is 264 g/mol. The smallest absolute Gasteiger partial charge is 0.344 e. The van der Waals surface area contributed by atoms with Crippen LogP contribution in [0, 0.1) is 13.8 Å². The molecule has 0 aliphatic rings. The molecule has 0 saturated carbocycles.